The third kappa shape index (κ3) is 6.57. The fourth-order valence-electron chi connectivity index (χ4n) is 2.89. The summed E-state index contributed by atoms with van der Waals surface area (Å²) in [5.74, 6) is 0.682. The number of hydrogen-bond acceptors (Lipinski definition) is 5. The predicted molar refractivity (Wildman–Crippen MR) is 93.4 cm³/mol. The van der Waals surface area contributed by atoms with Gasteiger partial charge in [-0.3, -0.25) is 4.79 Å². The molecule has 2 aliphatic rings. The molecule has 23 heavy (non-hydrogen) atoms. The minimum atomic E-state index is -0.716. The molecule has 2 rings (SSSR count). The Morgan fingerprint density at radius 3 is 2.96 bits per heavy atom. The van der Waals surface area contributed by atoms with E-state index in [1.54, 1.807) is 0 Å². The molecule has 1 heterocycles. The summed E-state index contributed by atoms with van der Waals surface area (Å²) in [5, 5.41) is 10.4. The van der Waals surface area contributed by atoms with Gasteiger partial charge < -0.3 is 14.6 Å². The topological polar surface area (TPSA) is 55.8 Å². The number of carbonyl (C=O) groups is 1. The second-order valence-electron chi connectivity index (χ2n) is 6.87. The van der Waals surface area contributed by atoms with Crippen LogP contribution in [0.1, 0.15) is 65.2 Å². The second-order valence-corrected chi connectivity index (χ2v) is 7.89. The zero-order chi connectivity index (χ0) is 16.7. The molecule has 0 aromatic rings. The van der Waals surface area contributed by atoms with Gasteiger partial charge in [-0.1, -0.05) is 26.2 Å². The van der Waals surface area contributed by atoms with Gasteiger partial charge in [0, 0.05) is 23.7 Å². The number of rotatable bonds is 9. The molecule has 1 aliphatic carbocycles. The van der Waals surface area contributed by atoms with Gasteiger partial charge in [0.15, 0.2) is 12.1 Å². The molecule has 3 atom stereocenters. The summed E-state index contributed by atoms with van der Waals surface area (Å²) in [5.41, 5.74) is -0.716. The number of thioether (sulfide) groups is 1. The number of ether oxygens (including phenoxy) is 2. The van der Waals surface area contributed by atoms with Gasteiger partial charge in [-0.25, -0.2) is 0 Å². The Labute approximate surface area is 144 Å². The first-order chi connectivity index (χ1) is 11.0. The van der Waals surface area contributed by atoms with E-state index in [0.29, 0.717) is 12.2 Å². The second kappa shape index (κ2) is 9.21. The van der Waals surface area contributed by atoms with E-state index in [4.69, 9.17) is 9.47 Å². The first kappa shape index (κ1) is 19.0. The highest BCUT2D eigenvalue weighted by molar-refractivity contribution is 8.04. The number of Topliss-reactive ketones (excluding diaryl/α,β-unsaturated/α-hetero) is 1. The maximum absolute atomic E-state index is 12.1. The summed E-state index contributed by atoms with van der Waals surface area (Å²) in [6.07, 6.45) is 9.20. The van der Waals surface area contributed by atoms with Crippen LogP contribution in [0.3, 0.4) is 0 Å². The Morgan fingerprint density at radius 1 is 1.43 bits per heavy atom. The average Bonchev–Trinajstić information content (AvgIpc) is 2.86. The van der Waals surface area contributed by atoms with Crippen LogP contribution in [0.5, 0.6) is 0 Å². The van der Waals surface area contributed by atoms with Crippen LogP contribution < -0.4 is 0 Å². The molecule has 0 saturated carbocycles. The van der Waals surface area contributed by atoms with Crippen LogP contribution in [-0.4, -0.2) is 41.2 Å². The number of ketones is 1. The van der Waals surface area contributed by atoms with Gasteiger partial charge in [-0.15, -0.1) is 11.8 Å². The van der Waals surface area contributed by atoms with Crippen molar-refractivity contribution in [2.45, 2.75) is 83.2 Å². The Balaban J connectivity index is 1.77. The van der Waals surface area contributed by atoms with Crippen LogP contribution in [0.2, 0.25) is 0 Å². The van der Waals surface area contributed by atoms with Gasteiger partial charge in [0.1, 0.15) is 0 Å². The average molecular weight is 343 g/mol. The molecule has 0 amide bonds. The van der Waals surface area contributed by atoms with E-state index >= 15 is 0 Å². The molecular weight excluding hydrogens is 312 g/mol. The molecule has 4 nitrogen and oxygen atoms in total. The molecule has 0 bridgehead atoms. The molecular formula is C18H30O4S. The van der Waals surface area contributed by atoms with Crippen LogP contribution in [0.4, 0.5) is 0 Å². The number of unbranched alkanes of at least 4 members (excludes halogenated alkanes) is 2. The van der Waals surface area contributed by atoms with Gasteiger partial charge in [0.25, 0.3) is 0 Å². The molecule has 0 radical (unpaired) electrons. The SMILES string of the molecule is CCCCCC(C)(O)CSC1=CC(OC2CCCCO2)CC1=O. The van der Waals surface area contributed by atoms with Crippen LogP contribution in [0, 0.1) is 0 Å². The van der Waals surface area contributed by atoms with E-state index in [0.717, 1.165) is 56.5 Å². The molecule has 0 aromatic heterocycles. The fourth-order valence-corrected chi connectivity index (χ4v) is 4.00. The lowest BCUT2D eigenvalue weighted by Gasteiger charge is -2.24. The van der Waals surface area contributed by atoms with Crippen molar-refractivity contribution in [3.8, 4) is 0 Å². The minimum absolute atomic E-state index is 0.125. The largest absolute Gasteiger partial charge is 0.389 e. The predicted octanol–water partition coefficient (Wildman–Crippen LogP) is 3.82. The van der Waals surface area contributed by atoms with E-state index < -0.39 is 5.60 Å². The van der Waals surface area contributed by atoms with E-state index in [-0.39, 0.29) is 18.2 Å². The van der Waals surface area contributed by atoms with Crippen LogP contribution >= 0.6 is 11.8 Å². The number of aliphatic hydroxyl groups is 1. The van der Waals surface area contributed by atoms with Crippen LogP contribution in [0.15, 0.2) is 11.0 Å². The van der Waals surface area contributed by atoms with Crippen molar-refractivity contribution in [1.82, 2.24) is 0 Å². The van der Waals surface area contributed by atoms with Crippen molar-refractivity contribution < 1.29 is 19.4 Å². The Morgan fingerprint density at radius 2 is 2.26 bits per heavy atom. The molecule has 1 aliphatic heterocycles. The number of carbonyl (C=O) groups excluding carboxylic acids is 1. The van der Waals surface area contributed by atoms with Gasteiger partial charge in [-0.2, -0.15) is 0 Å². The van der Waals surface area contributed by atoms with Crippen LogP contribution in [-0.2, 0) is 14.3 Å². The van der Waals surface area contributed by atoms with Gasteiger partial charge in [0.05, 0.1) is 11.7 Å². The lowest BCUT2D eigenvalue weighted by atomic mass is 10.0. The molecule has 132 valence electrons. The molecule has 5 heteroatoms. The zero-order valence-corrected chi connectivity index (χ0v) is 15.2. The molecule has 1 N–H and O–H groups in total. The highest BCUT2D eigenvalue weighted by Crippen LogP contribution is 2.32. The van der Waals surface area contributed by atoms with E-state index in [2.05, 4.69) is 6.92 Å². The fraction of sp³-hybridized carbons (Fsp3) is 0.833. The standard InChI is InChI=1S/C18H30O4S/c1-3-4-6-9-18(2,20)13-23-16-12-14(11-15(16)19)22-17-8-5-7-10-21-17/h12,14,17,20H,3-11,13H2,1-2H3. The summed E-state index contributed by atoms with van der Waals surface area (Å²) in [6, 6.07) is 0. The van der Waals surface area contributed by atoms with Crippen molar-refractivity contribution in [2.75, 3.05) is 12.4 Å². The van der Waals surface area contributed by atoms with E-state index in [9.17, 15) is 9.90 Å². The first-order valence-electron chi connectivity index (χ1n) is 8.87. The molecule has 3 unspecified atom stereocenters. The summed E-state index contributed by atoms with van der Waals surface area (Å²) >= 11 is 1.46. The van der Waals surface area contributed by atoms with Crippen molar-refractivity contribution in [3.63, 3.8) is 0 Å². The third-order valence-electron chi connectivity index (χ3n) is 4.32. The highest BCUT2D eigenvalue weighted by atomic mass is 32.2. The lowest BCUT2D eigenvalue weighted by molar-refractivity contribution is -0.178. The Kier molecular flexibility index (Phi) is 7.60. The number of allylic oxidation sites excluding steroid dienone is 1. The van der Waals surface area contributed by atoms with Crippen LogP contribution in [0.25, 0.3) is 0 Å². The van der Waals surface area contributed by atoms with Crippen molar-refractivity contribution in [3.05, 3.63) is 11.0 Å². The zero-order valence-electron chi connectivity index (χ0n) is 14.4. The Bertz CT molecular complexity index is 413. The van der Waals surface area contributed by atoms with Crippen molar-refractivity contribution in [1.29, 1.82) is 0 Å². The van der Waals surface area contributed by atoms with Gasteiger partial charge in [-0.05, 0) is 38.7 Å². The third-order valence-corrected chi connectivity index (χ3v) is 5.76. The summed E-state index contributed by atoms with van der Waals surface area (Å²) in [4.78, 5) is 12.8. The monoisotopic (exact) mass is 342 g/mol. The van der Waals surface area contributed by atoms with Crippen molar-refractivity contribution >= 4 is 17.5 Å². The molecule has 0 spiro atoms. The summed E-state index contributed by atoms with van der Waals surface area (Å²) < 4.78 is 11.4. The maximum atomic E-state index is 12.1. The molecule has 1 saturated heterocycles. The smallest absolute Gasteiger partial charge is 0.171 e. The van der Waals surface area contributed by atoms with E-state index in [1.165, 1.54) is 11.8 Å². The minimum Gasteiger partial charge on any atom is -0.389 e. The first-order valence-corrected chi connectivity index (χ1v) is 9.86. The quantitative estimate of drug-likeness (QED) is 0.646. The maximum Gasteiger partial charge on any atom is 0.171 e. The van der Waals surface area contributed by atoms with Gasteiger partial charge >= 0.3 is 0 Å². The Hall–Kier alpha value is -0.360. The molecule has 0 aromatic carbocycles. The van der Waals surface area contributed by atoms with Crippen molar-refractivity contribution in [2.24, 2.45) is 0 Å². The summed E-state index contributed by atoms with van der Waals surface area (Å²) in [6.45, 7) is 4.76. The number of hydrogen-bond donors (Lipinski definition) is 1. The van der Waals surface area contributed by atoms with Gasteiger partial charge in [0.2, 0.25) is 0 Å². The normalized spacial score (nSPS) is 27.8. The lowest BCUT2D eigenvalue weighted by Crippen LogP contribution is -2.27. The summed E-state index contributed by atoms with van der Waals surface area (Å²) in [7, 11) is 0. The van der Waals surface area contributed by atoms with E-state index in [1.807, 2.05) is 13.0 Å². The highest BCUT2D eigenvalue weighted by Gasteiger charge is 2.30. The molecule has 1 fully saturated rings.